The van der Waals surface area contributed by atoms with E-state index in [1.807, 2.05) is 0 Å². The quantitative estimate of drug-likeness (QED) is 0.844. The maximum atomic E-state index is 12.1. The molecular weight excluding hydrogens is 250 g/mol. The highest BCUT2D eigenvalue weighted by atomic mass is 32.1. The number of thiazole rings is 1. The Hall–Kier alpha value is -0.980. The number of amides is 1. The minimum atomic E-state index is -0.00595. The molecule has 1 saturated heterocycles. The predicted molar refractivity (Wildman–Crippen MR) is 69.0 cm³/mol. The number of morpholine rings is 1. The normalized spacial score (nSPS) is 23.9. The minimum Gasteiger partial charge on any atom is -0.374 e. The van der Waals surface area contributed by atoms with Crippen LogP contribution in [0.15, 0.2) is 5.51 Å². The number of carbonyl (C=O) groups excluding carboxylic acids is 1. The van der Waals surface area contributed by atoms with Gasteiger partial charge >= 0.3 is 0 Å². The Kier molecular flexibility index (Phi) is 3.58. The first-order chi connectivity index (χ1) is 8.84. The highest BCUT2D eigenvalue weighted by molar-refractivity contribution is 7.11. The molecule has 1 aliphatic heterocycles. The molecule has 0 bridgehead atoms. The topological polar surface area (TPSA) is 63.2 Å². The molecule has 1 atom stereocenters. The van der Waals surface area contributed by atoms with Gasteiger partial charge in [0.25, 0.3) is 5.91 Å². The van der Waals surface area contributed by atoms with Gasteiger partial charge in [-0.05, 0) is 12.8 Å². The average Bonchev–Trinajstić information content (AvgIpc) is 3.14. The summed E-state index contributed by atoms with van der Waals surface area (Å²) in [7, 11) is 0. The molecule has 2 fully saturated rings. The zero-order valence-electron chi connectivity index (χ0n) is 10.1. The number of rotatable bonds is 4. The maximum absolute atomic E-state index is 12.1. The number of hydrogen-bond donors (Lipinski definition) is 2. The summed E-state index contributed by atoms with van der Waals surface area (Å²) in [5.74, 6) is 0.512. The van der Waals surface area contributed by atoms with Crippen LogP contribution < -0.4 is 10.6 Å². The van der Waals surface area contributed by atoms with Gasteiger partial charge in [-0.15, -0.1) is 11.3 Å². The predicted octanol–water partition coefficient (Wildman–Crippen LogP) is 0.739. The molecule has 1 amide bonds. The lowest BCUT2D eigenvalue weighted by atomic mass is 10.2. The van der Waals surface area contributed by atoms with E-state index in [1.165, 1.54) is 24.2 Å². The van der Waals surface area contributed by atoms with E-state index in [2.05, 4.69) is 15.6 Å². The molecular formula is C12H17N3O2S. The third kappa shape index (κ3) is 2.71. The van der Waals surface area contributed by atoms with Crippen LogP contribution in [0.4, 0.5) is 0 Å². The van der Waals surface area contributed by atoms with Crippen LogP contribution in [0.1, 0.15) is 34.1 Å². The summed E-state index contributed by atoms with van der Waals surface area (Å²) < 4.78 is 5.55. The lowest BCUT2D eigenvalue weighted by Crippen LogP contribution is -2.45. The summed E-state index contributed by atoms with van der Waals surface area (Å²) in [4.78, 5) is 17.2. The number of carbonyl (C=O) groups is 1. The van der Waals surface area contributed by atoms with Gasteiger partial charge in [-0.25, -0.2) is 4.98 Å². The van der Waals surface area contributed by atoms with E-state index >= 15 is 0 Å². The lowest BCUT2D eigenvalue weighted by molar-refractivity contribution is 0.0287. The molecule has 98 valence electrons. The van der Waals surface area contributed by atoms with Gasteiger partial charge in [0.2, 0.25) is 0 Å². The van der Waals surface area contributed by atoms with Gasteiger partial charge in [0.1, 0.15) is 4.88 Å². The summed E-state index contributed by atoms with van der Waals surface area (Å²) >= 11 is 1.43. The highest BCUT2D eigenvalue weighted by Gasteiger charge is 2.30. The molecule has 18 heavy (non-hydrogen) atoms. The zero-order chi connectivity index (χ0) is 12.4. The smallest absolute Gasteiger partial charge is 0.263 e. The summed E-state index contributed by atoms with van der Waals surface area (Å²) in [5.41, 5.74) is 2.75. The van der Waals surface area contributed by atoms with E-state index in [4.69, 9.17) is 4.74 Å². The van der Waals surface area contributed by atoms with E-state index in [0.29, 0.717) is 19.1 Å². The second-order valence-corrected chi connectivity index (χ2v) is 5.60. The molecule has 1 aromatic heterocycles. The summed E-state index contributed by atoms with van der Waals surface area (Å²) in [6, 6.07) is 0. The average molecular weight is 267 g/mol. The van der Waals surface area contributed by atoms with E-state index in [0.717, 1.165) is 23.7 Å². The highest BCUT2D eigenvalue weighted by Crippen LogP contribution is 2.41. The Bertz CT molecular complexity index is 425. The Labute approximate surface area is 110 Å². The molecule has 3 rings (SSSR count). The number of aromatic nitrogens is 1. The van der Waals surface area contributed by atoms with Crippen molar-refractivity contribution < 1.29 is 9.53 Å². The lowest BCUT2D eigenvalue weighted by Gasteiger charge is -2.23. The van der Waals surface area contributed by atoms with E-state index in [9.17, 15) is 4.79 Å². The first-order valence-corrected chi connectivity index (χ1v) is 7.26. The molecule has 6 heteroatoms. The monoisotopic (exact) mass is 267 g/mol. The fourth-order valence-electron chi connectivity index (χ4n) is 2.11. The first kappa shape index (κ1) is 12.1. The van der Waals surface area contributed by atoms with E-state index < -0.39 is 0 Å². The third-order valence-electron chi connectivity index (χ3n) is 3.26. The van der Waals surface area contributed by atoms with Crippen LogP contribution in [0, 0.1) is 0 Å². The molecule has 2 aliphatic rings. The van der Waals surface area contributed by atoms with E-state index in [-0.39, 0.29) is 12.0 Å². The largest absolute Gasteiger partial charge is 0.374 e. The fourth-order valence-corrected chi connectivity index (χ4v) is 2.90. The van der Waals surface area contributed by atoms with Crippen molar-refractivity contribution in [3.8, 4) is 0 Å². The van der Waals surface area contributed by atoms with Crippen LogP contribution in [-0.4, -0.2) is 43.2 Å². The Morgan fingerprint density at radius 1 is 1.61 bits per heavy atom. The van der Waals surface area contributed by atoms with Crippen molar-refractivity contribution >= 4 is 17.2 Å². The summed E-state index contributed by atoms with van der Waals surface area (Å²) in [6.45, 7) is 2.98. The van der Waals surface area contributed by atoms with Crippen LogP contribution in [0.2, 0.25) is 0 Å². The summed E-state index contributed by atoms with van der Waals surface area (Å²) in [6.07, 6.45) is 2.42. The molecule has 2 heterocycles. The standard InChI is InChI=1S/C12H17N3O2S/c16-12(14-6-9-5-13-3-4-17-9)11-10(8-1-2-8)15-7-18-11/h7-9,13H,1-6H2,(H,14,16). The van der Waals surface area contributed by atoms with Crippen molar-refractivity contribution in [1.29, 1.82) is 0 Å². The molecule has 1 aromatic rings. The van der Waals surface area contributed by atoms with Gasteiger partial charge in [-0.1, -0.05) is 0 Å². The van der Waals surface area contributed by atoms with Crippen LogP contribution in [0.3, 0.4) is 0 Å². The minimum absolute atomic E-state index is 0.00595. The number of nitrogens with zero attached hydrogens (tertiary/aromatic N) is 1. The first-order valence-electron chi connectivity index (χ1n) is 6.38. The zero-order valence-corrected chi connectivity index (χ0v) is 11.0. The number of ether oxygens (including phenoxy) is 1. The van der Waals surface area contributed by atoms with E-state index in [1.54, 1.807) is 5.51 Å². The van der Waals surface area contributed by atoms with Gasteiger partial charge in [-0.2, -0.15) is 0 Å². The van der Waals surface area contributed by atoms with Gasteiger partial charge in [0, 0.05) is 25.6 Å². The summed E-state index contributed by atoms with van der Waals surface area (Å²) in [5, 5.41) is 6.19. The molecule has 1 aliphatic carbocycles. The van der Waals surface area contributed by atoms with Crippen molar-refractivity contribution in [3.05, 3.63) is 16.1 Å². The van der Waals surface area contributed by atoms with Crippen LogP contribution in [0.25, 0.3) is 0 Å². The van der Waals surface area contributed by atoms with Crippen molar-refractivity contribution in [2.24, 2.45) is 0 Å². The van der Waals surface area contributed by atoms with Gasteiger partial charge in [0.05, 0.1) is 23.9 Å². The molecule has 1 saturated carbocycles. The Morgan fingerprint density at radius 3 is 3.22 bits per heavy atom. The van der Waals surface area contributed by atoms with Crippen molar-refractivity contribution in [3.63, 3.8) is 0 Å². The van der Waals surface area contributed by atoms with Crippen molar-refractivity contribution in [2.45, 2.75) is 24.9 Å². The SMILES string of the molecule is O=C(NCC1CNCCO1)c1scnc1C1CC1. The third-order valence-corrected chi connectivity index (χ3v) is 4.10. The number of hydrogen-bond acceptors (Lipinski definition) is 5. The van der Waals surface area contributed by atoms with Gasteiger partial charge < -0.3 is 15.4 Å². The molecule has 5 nitrogen and oxygen atoms in total. The molecule has 0 spiro atoms. The Balaban J connectivity index is 1.55. The molecule has 0 radical (unpaired) electrons. The fraction of sp³-hybridized carbons (Fsp3) is 0.667. The molecule has 2 N–H and O–H groups in total. The van der Waals surface area contributed by atoms with Crippen molar-refractivity contribution in [1.82, 2.24) is 15.6 Å². The van der Waals surface area contributed by atoms with Crippen LogP contribution in [0.5, 0.6) is 0 Å². The second kappa shape index (κ2) is 5.34. The van der Waals surface area contributed by atoms with Gasteiger partial charge in [-0.3, -0.25) is 4.79 Å². The molecule has 1 unspecified atom stereocenters. The maximum Gasteiger partial charge on any atom is 0.263 e. The van der Waals surface area contributed by atoms with Crippen LogP contribution >= 0.6 is 11.3 Å². The molecule has 0 aromatic carbocycles. The van der Waals surface area contributed by atoms with Gasteiger partial charge in [0.15, 0.2) is 0 Å². The second-order valence-electron chi connectivity index (χ2n) is 4.75. The number of nitrogens with one attached hydrogen (secondary N) is 2. The Morgan fingerprint density at radius 2 is 2.50 bits per heavy atom. The van der Waals surface area contributed by atoms with Crippen molar-refractivity contribution in [2.75, 3.05) is 26.2 Å². The van der Waals surface area contributed by atoms with Crippen LogP contribution in [-0.2, 0) is 4.74 Å².